The van der Waals surface area contributed by atoms with Crippen LogP contribution in [0.15, 0.2) is 60.7 Å². The molecule has 0 spiro atoms. The molecule has 0 aliphatic carbocycles. The van der Waals surface area contributed by atoms with Crippen molar-refractivity contribution in [2.75, 3.05) is 23.4 Å². The van der Waals surface area contributed by atoms with E-state index in [1.165, 1.54) is 12.1 Å². The van der Waals surface area contributed by atoms with E-state index in [4.69, 9.17) is 21.1 Å². The summed E-state index contributed by atoms with van der Waals surface area (Å²) in [7, 11) is 0. The van der Waals surface area contributed by atoms with Gasteiger partial charge < -0.3 is 19.7 Å². The van der Waals surface area contributed by atoms with E-state index in [-0.39, 0.29) is 29.6 Å². The van der Waals surface area contributed by atoms with Crippen molar-refractivity contribution in [3.05, 3.63) is 82.6 Å². The minimum atomic E-state index is -0.722. The van der Waals surface area contributed by atoms with E-state index in [1.807, 2.05) is 31.2 Å². The van der Waals surface area contributed by atoms with Gasteiger partial charge in [0.25, 0.3) is 11.8 Å². The highest BCUT2D eigenvalue weighted by molar-refractivity contribution is 6.34. The molecule has 0 saturated carbocycles. The van der Waals surface area contributed by atoms with E-state index in [0.29, 0.717) is 22.9 Å². The molecule has 1 aliphatic rings. The van der Waals surface area contributed by atoms with Gasteiger partial charge in [-0.2, -0.15) is 0 Å². The topological polar surface area (TPSA) is 67.9 Å². The number of amides is 2. The average molecular weight is 469 g/mol. The van der Waals surface area contributed by atoms with Crippen LogP contribution in [-0.4, -0.2) is 31.1 Å². The molecule has 1 unspecified atom stereocenters. The molecule has 0 bridgehead atoms. The number of carbonyl (C=O) groups excluding carboxylic acids is 2. The average Bonchev–Trinajstić information content (AvgIpc) is 2.78. The summed E-state index contributed by atoms with van der Waals surface area (Å²) in [6, 6.07) is 16.6. The third kappa shape index (κ3) is 4.93. The summed E-state index contributed by atoms with van der Waals surface area (Å²) in [6.07, 6.45) is -0.658. The number of benzene rings is 3. The number of rotatable bonds is 6. The number of carbonyl (C=O) groups is 2. The van der Waals surface area contributed by atoms with Crippen LogP contribution in [0.5, 0.6) is 11.5 Å². The molecule has 1 heterocycles. The van der Waals surface area contributed by atoms with Crippen LogP contribution in [0.2, 0.25) is 5.02 Å². The Kier molecular flexibility index (Phi) is 6.51. The first-order chi connectivity index (χ1) is 15.8. The third-order valence-electron chi connectivity index (χ3n) is 5.22. The smallest absolute Gasteiger partial charge is 0.267 e. The van der Waals surface area contributed by atoms with Crippen LogP contribution < -0.4 is 19.7 Å². The maximum atomic E-state index is 14.1. The zero-order valence-corrected chi connectivity index (χ0v) is 18.9. The highest BCUT2D eigenvalue weighted by atomic mass is 35.5. The van der Waals surface area contributed by atoms with Gasteiger partial charge in [0.1, 0.15) is 23.9 Å². The maximum absolute atomic E-state index is 14.1. The summed E-state index contributed by atoms with van der Waals surface area (Å²) in [5.41, 5.74) is 1.73. The van der Waals surface area contributed by atoms with Crippen molar-refractivity contribution >= 4 is 34.8 Å². The Morgan fingerprint density at radius 2 is 1.94 bits per heavy atom. The Hall–Kier alpha value is -3.58. The molecule has 4 rings (SSSR count). The van der Waals surface area contributed by atoms with Crippen LogP contribution >= 0.6 is 11.6 Å². The van der Waals surface area contributed by atoms with Gasteiger partial charge in [0.2, 0.25) is 0 Å². The van der Waals surface area contributed by atoms with E-state index < -0.39 is 17.8 Å². The van der Waals surface area contributed by atoms with Crippen LogP contribution in [0.4, 0.5) is 15.8 Å². The second kappa shape index (κ2) is 9.50. The van der Waals surface area contributed by atoms with Gasteiger partial charge in [-0.3, -0.25) is 9.59 Å². The molecule has 6 nitrogen and oxygen atoms in total. The molecule has 2 amide bonds. The summed E-state index contributed by atoms with van der Waals surface area (Å²) < 4.78 is 25.6. The second-order valence-electron chi connectivity index (χ2n) is 7.64. The molecule has 0 aromatic heterocycles. The number of aryl methyl sites for hydroxylation is 1. The minimum Gasteiger partial charge on any atom is -0.492 e. The van der Waals surface area contributed by atoms with E-state index >= 15 is 0 Å². The van der Waals surface area contributed by atoms with E-state index in [9.17, 15) is 14.0 Å². The van der Waals surface area contributed by atoms with Gasteiger partial charge in [-0.15, -0.1) is 0 Å². The number of hydrogen-bond acceptors (Lipinski definition) is 4. The Labute approximate surface area is 195 Å². The third-order valence-corrected chi connectivity index (χ3v) is 5.53. The molecular weight excluding hydrogens is 447 g/mol. The normalized spacial score (nSPS) is 15.0. The lowest BCUT2D eigenvalue weighted by Crippen LogP contribution is -2.46. The molecule has 3 aromatic carbocycles. The Bertz CT molecular complexity index is 1180. The lowest BCUT2D eigenvalue weighted by atomic mass is 10.1. The molecule has 1 atom stereocenters. The Balaban J connectivity index is 1.53. The molecule has 3 aromatic rings. The molecule has 1 N–H and O–H groups in total. The van der Waals surface area contributed by atoms with E-state index in [1.54, 1.807) is 30.0 Å². The summed E-state index contributed by atoms with van der Waals surface area (Å²) in [6.45, 7) is 4.21. The lowest BCUT2D eigenvalue weighted by molar-refractivity contribution is -0.125. The molecule has 8 heteroatoms. The predicted molar refractivity (Wildman–Crippen MR) is 125 cm³/mol. The number of ether oxygens (including phenoxy) is 2. The van der Waals surface area contributed by atoms with Crippen LogP contribution in [0.25, 0.3) is 0 Å². The summed E-state index contributed by atoms with van der Waals surface area (Å²) in [5, 5.41) is 2.64. The number of fused-ring (bicyclic) bond motifs is 1. The SMILES string of the molecule is Cc1ccc(OCCN2C(=O)C(C)Oc3ccc(NC(=O)c4c(F)cccc4Cl)cc32)cc1. The molecular formula is C25H22ClFN2O4. The van der Waals surface area contributed by atoms with Gasteiger partial charge in [-0.05, 0) is 56.3 Å². The maximum Gasteiger partial charge on any atom is 0.267 e. The molecule has 1 aliphatic heterocycles. The Morgan fingerprint density at radius 1 is 1.18 bits per heavy atom. The quantitative estimate of drug-likeness (QED) is 0.537. The van der Waals surface area contributed by atoms with Gasteiger partial charge in [0.05, 0.1) is 22.8 Å². The van der Waals surface area contributed by atoms with Crippen molar-refractivity contribution in [1.82, 2.24) is 0 Å². The Morgan fingerprint density at radius 3 is 2.67 bits per heavy atom. The van der Waals surface area contributed by atoms with E-state index in [2.05, 4.69) is 5.32 Å². The summed E-state index contributed by atoms with van der Waals surface area (Å²) in [5.74, 6) is -0.434. The molecule has 0 saturated heterocycles. The van der Waals surface area contributed by atoms with Gasteiger partial charge in [0.15, 0.2) is 6.10 Å². The highest BCUT2D eigenvalue weighted by Crippen LogP contribution is 2.36. The second-order valence-corrected chi connectivity index (χ2v) is 8.05. The molecule has 170 valence electrons. The predicted octanol–water partition coefficient (Wildman–Crippen LogP) is 5.23. The van der Waals surface area contributed by atoms with Crippen molar-refractivity contribution in [3.8, 4) is 11.5 Å². The number of halogens is 2. The van der Waals surface area contributed by atoms with Gasteiger partial charge >= 0.3 is 0 Å². The first-order valence-electron chi connectivity index (χ1n) is 10.4. The minimum absolute atomic E-state index is 0.00711. The fourth-order valence-electron chi connectivity index (χ4n) is 3.51. The molecule has 0 fully saturated rings. The fraction of sp³-hybridized carbons (Fsp3) is 0.200. The largest absolute Gasteiger partial charge is 0.492 e. The number of nitrogens with one attached hydrogen (secondary N) is 1. The monoisotopic (exact) mass is 468 g/mol. The van der Waals surface area contributed by atoms with Crippen molar-refractivity contribution in [3.63, 3.8) is 0 Å². The van der Waals surface area contributed by atoms with Crippen LogP contribution in [0.3, 0.4) is 0 Å². The zero-order chi connectivity index (χ0) is 23.5. The van der Waals surface area contributed by atoms with E-state index in [0.717, 1.165) is 11.6 Å². The van der Waals surface area contributed by atoms with Gasteiger partial charge in [-0.25, -0.2) is 4.39 Å². The van der Waals surface area contributed by atoms with Crippen molar-refractivity contribution in [1.29, 1.82) is 0 Å². The van der Waals surface area contributed by atoms with Crippen LogP contribution in [0, 0.1) is 12.7 Å². The molecule has 0 radical (unpaired) electrons. The van der Waals surface area contributed by atoms with Crippen LogP contribution in [-0.2, 0) is 4.79 Å². The highest BCUT2D eigenvalue weighted by Gasteiger charge is 2.32. The number of hydrogen-bond donors (Lipinski definition) is 1. The fourth-order valence-corrected chi connectivity index (χ4v) is 3.76. The lowest BCUT2D eigenvalue weighted by Gasteiger charge is -2.33. The standard InChI is InChI=1S/C25H22ClFN2O4/c1-15-6-9-18(10-7-15)32-13-12-29-21-14-17(8-11-22(21)33-16(2)25(29)31)28-24(30)23-19(26)4-3-5-20(23)27/h3-11,14,16H,12-13H2,1-2H3,(H,28,30). The zero-order valence-electron chi connectivity index (χ0n) is 18.1. The van der Waals surface area contributed by atoms with Crippen LogP contribution in [0.1, 0.15) is 22.8 Å². The first-order valence-corrected chi connectivity index (χ1v) is 10.8. The number of anilines is 2. The van der Waals surface area contributed by atoms with Crippen molar-refractivity contribution in [2.45, 2.75) is 20.0 Å². The molecule has 33 heavy (non-hydrogen) atoms. The summed E-state index contributed by atoms with van der Waals surface area (Å²) >= 11 is 5.99. The number of nitrogens with zero attached hydrogens (tertiary/aromatic N) is 1. The van der Waals surface area contributed by atoms with Gasteiger partial charge in [-0.1, -0.05) is 35.4 Å². The van der Waals surface area contributed by atoms with Crippen molar-refractivity contribution < 1.29 is 23.5 Å². The van der Waals surface area contributed by atoms with Crippen molar-refractivity contribution in [2.24, 2.45) is 0 Å². The van der Waals surface area contributed by atoms with Gasteiger partial charge in [0, 0.05) is 5.69 Å². The summed E-state index contributed by atoms with van der Waals surface area (Å²) in [4.78, 5) is 27.0. The first kappa shape index (κ1) is 22.6.